The van der Waals surface area contributed by atoms with Crippen LogP contribution in [0.3, 0.4) is 0 Å². The molecule has 1 amide bonds. The third kappa shape index (κ3) is 9.07. The summed E-state index contributed by atoms with van der Waals surface area (Å²) in [4.78, 5) is 44.3. The van der Waals surface area contributed by atoms with Crippen LogP contribution >= 0.6 is 11.3 Å². The first-order chi connectivity index (χ1) is 18.3. The van der Waals surface area contributed by atoms with E-state index < -0.39 is 29.0 Å². The molecule has 0 saturated heterocycles. The summed E-state index contributed by atoms with van der Waals surface area (Å²) >= 11 is 1.57. The van der Waals surface area contributed by atoms with Crippen LogP contribution in [-0.2, 0) is 14.4 Å². The molecule has 204 valence electrons. The number of fused-ring (bicyclic) bond motifs is 1. The van der Waals surface area contributed by atoms with E-state index in [0.29, 0.717) is 25.8 Å². The molecule has 0 fully saturated rings. The Bertz CT molecular complexity index is 1190. The van der Waals surface area contributed by atoms with Gasteiger partial charge in [0, 0.05) is 30.3 Å². The number of hydrogen-bond acceptors (Lipinski definition) is 10. The molecular formula is C25H29N3O9S. The van der Waals surface area contributed by atoms with Crippen molar-refractivity contribution in [2.75, 3.05) is 26.8 Å². The predicted molar refractivity (Wildman–Crippen MR) is 139 cm³/mol. The minimum Gasteiger partial charge on any atom is -0.484 e. The van der Waals surface area contributed by atoms with Gasteiger partial charge < -0.3 is 24.0 Å². The maximum absolute atomic E-state index is 12.5. The molecule has 12 nitrogen and oxygen atoms in total. The van der Waals surface area contributed by atoms with Crippen molar-refractivity contribution in [3.8, 4) is 5.75 Å². The zero-order valence-electron chi connectivity index (χ0n) is 20.8. The molecule has 0 aliphatic heterocycles. The molecule has 0 aliphatic rings. The van der Waals surface area contributed by atoms with Crippen LogP contribution in [-0.4, -0.2) is 54.1 Å². The normalized spacial score (nSPS) is 12.3. The van der Waals surface area contributed by atoms with Crippen LogP contribution in [0.4, 0.5) is 4.79 Å². The lowest BCUT2D eigenvalue weighted by Crippen LogP contribution is -2.29. The van der Waals surface area contributed by atoms with E-state index in [1.54, 1.807) is 18.4 Å². The minimum atomic E-state index is -1.07. The van der Waals surface area contributed by atoms with Crippen LogP contribution in [0.2, 0.25) is 0 Å². The van der Waals surface area contributed by atoms with E-state index in [-0.39, 0.29) is 19.1 Å². The van der Waals surface area contributed by atoms with Gasteiger partial charge in [-0.25, -0.2) is 4.79 Å². The lowest BCUT2D eigenvalue weighted by Gasteiger charge is -2.21. The van der Waals surface area contributed by atoms with Crippen molar-refractivity contribution < 1.29 is 34.1 Å². The van der Waals surface area contributed by atoms with Crippen LogP contribution in [0.25, 0.3) is 10.8 Å². The molecule has 0 saturated carbocycles. The molecule has 0 radical (unpaired) electrons. The number of thiophene rings is 1. The molecule has 1 heterocycles. The van der Waals surface area contributed by atoms with Gasteiger partial charge in [0.2, 0.25) is 0 Å². The van der Waals surface area contributed by atoms with Gasteiger partial charge in [0.05, 0.1) is 6.61 Å². The maximum Gasteiger partial charge on any atom is 0.409 e. The number of nitrogens with zero attached hydrogens (tertiary/aromatic N) is 3. The molecule has 0 spiro atoms. The monoisotopic (exact) mass is 547 g/mol. The van der Waals surface area contributed by atoms with Crippen LogP contribution in [0.5, 0.6) is 5.75 Å². The number of benzene rings is 2. The third-order valence-electron chi connectivity index (χ3n) is 5.67. The smallest absolute Gasteiger partial charge is 0.409 e. The zero-order chi connectivity index (χ0) is 27.3. The van der Waals surface area contributed by atoms with Gasteiger partial charge in [-0.05, 0) is 42.2 Å². The van der Waals surface area contributed by atoms with Crippen molar-refractivity contribution >= 4 is 28.2 Å². The van der Waals surface area contributed by atoms with E-state index in [2.05, 4.69) is 9.68 Å². The number of carbonyl (C=O) groups is 1. The second kappa shape index (κ2) is 14.6. The number of unbranched alkanes of at least 4 members (excludes halogenated alkanes) is 1. The van der Waals surface area contributed by atoms with Gasteiger partial charge in [0.15, 0.2) is 0 Å². The molecule has 38 heavy (non-hydrogen) atoms. The number of ether oxygens (including phenoxy) is 2. The summed E-state index contributed by atoms with van der Waals surface area (Å²) in [6.07, 6.45) is -0.330. The number of hydrogen-bond donors (Lipinski definition) is 0. The summed E-state index contributed by atoms with van der Waals surface area (Å²) in [6, 6.07) is 17.8. The third-order valence-corrected chi connectivity index (χ3v) is 6.63. The van der Waals surface area contributed by atoms with Crippen molar-refractivity contribution in [2.45, 2.75) is 37.9 Å². The number of amides is 1. The highest BCUT2D eigenvalue weighted by Gasteiger charge is 2.19. The summed E-state index contributed by atoms with van der Waals surface area (Å²) < 4.78 is 11.8. The topological polar surface area (TPSA) is 144 Å². The average molecular weight is 548 g/mol. The van der Waals surface area contributed by atoms with E-state index in [4.69, 9.17) is 9.47 Å². The summed E-state index contributed by atoms with van der Waals surface area (Å²) in [6.45, 7) is -0.0629. The SMILES string of the molecule is CN(CCCCC(CO[N+](=O)[O-])O[N+](=O)[O-])C(=O)OCC[C@H](Oc1cccc2ccccc12)c1cccs1. The van der Waals surface area contributed by atoms with Gasteiger partial charge in [-0.2, -0.15) is 0 Å². The van der Waals surface area contributed by atoms with Crippen molar-refractivity contribution in [1.82, 2.24) is 4.90 Å². The molecule has 1 aromatic heterocycles. The second-order valence-corrected chi connectivity index (χ2v) is 9.37. The number of rotatable bonds is 16. The fourth-order valence-electron chi connectivity index (χ4n) is 3.79. The van der Waals surface area contributed by atoms with Gasteiger partial charge in [-0.15, -0.1) is 31.6 Å². The summed E-state index contributed by atoms with van der Waals surface area (Å²) in [5.74, 6) is 0.757. The Balaban J connectivity index is 1.45. The Kier molecular flexibility index (Phi) is 10.9. The first-order valence-electron chi connectivity index (χ1n) is 12.0. The first kappa shape index (κ1) is 28.4. The molecule has 2 atom stereocenters. The van der Waals surface area contributed by atoms with Crippen LogP contribution in [0.1, 0.15) is 36.7 Å². The lowest BCUT2D eigenvalue weighted by molar-refractivity contribution is -0.790. The molecule has 2 aromatic carbocycles. The van der Waals surface area contributed by atoms with Crippen LogP contribution < -0.4 is 4.74 Å². The molecule has 3 rings (SSSR count). The molecule has 0 N–H and O–H groups in total. The Morgan fingerprint density at radius 2 is 1.79 bits per heavy atom. The van der Waals surface area contributed by atoms with Gasteiger partial charge in [-0.3, -0.25) is 0 Å². The molecular weight excluding hydrogens is 518 g/mol. The molecule has 1 unspecified atom stereocenters. The highest BCUT2D eigenvalue weighted by atomic mass is 32.1. The molecule has 13 heteroatoms. The average Bonchev–Trinajstić information content (AvgIpc) is 3.43. The van der Waals surface area contributed by atoms with E-state index in [9.17, 15) is 25.0 Å². The molecule has 0 bridgehead atoms. The van der Waals surface area contributed by atoms with Gasteiger partial charge in [0.25, 0.3) is 10.2 Å². The summed E-state index contributed by atoms with van der Waals surface area (Å²) in [5.41, 5.74) is 0. The zero-order valence-corrected chi connectivity index (χ0v) is 21.6. The fraction of sp³-hybridized carbons (Fsp3) is 0.400. The highest BCUT2D eigenvalue weighted by Crippen LogP contribution is 2.32. The summed E-state index contributed by atoms with van der Waals surface area (Å²) in [5, 5.41) is 22.9. The molecule has 0 aliphatic carbocycles. The second-order valence-electron chi connectivity index (χ2n) is 8.39. The van der Waals surface area contributed by atoms with Crippen LogP contribution in [0, 0.1) is 20.2 Å². The van der Waals surface area contributed by atoms with Crippen molar-refractivity contribution in [2.24, 2.45) is 0 Å². The maximum atomic E-state index is 12.5. The van der Waals surface area contributed by atoms with E-state index in [0.717, 1.165) is 21.4 Å². The highest BCUT2D eigenvalue weighted by molar-refractivity contribution is 7.10. The van der Waals surface area contributed by atoms with Gasteiger partial charge in [-0.1, -0.05) is 42.5 Å². The van der Waals surface area contributed by atoms with Crippen molar-refractivity contribution in [3.05, 3.63) is 85.1 Å². The quantitative estimate of drug-likeness (QED) is 0.130. The Labute approximate surface area is 222 Å². The number of carbonyl (C=O) groups excluding carboxylic acids is 1. The van der Waals surface area contributed by atoms with E-state index in [1.807, 2.05) is 60.0 Å². The van der Waals surface area contributed by atoms with Crippen LogP contribution in [0.15, 0.2) is 60.0 Å². The van der Waals surface area contributed by atoms with Gasteiger partial charge >= 0.3 is 6.09 Å². The Hall–Kier alpha value is -4.13. The van der Waals surface area contributed by atoms with E-state index >= 15 is 0 Å². The Morgan fingerprint density at radius 1 is 1.00 bits per heavy atom. The van der Waals surface area contributed by atoms with Crippen molar-refractivity contribution in [1.29, 1.82) is 0 Å². The summed E-state index contributed by atoms with van der Waals surface area (Å²) in [7, 11) is 1.59. The lowest BCUT2D eigenvalue weighted by atomic mass is 10.1. The van der Waals surface area contributed by atoms with Gasteiger partial charge in [0.1, 0.15) is 24.6 Å². The predicted octanol–water partition coefficient (Wildman–Crippen LogP) is 5.44. The minimum absolute atomic E-state index is 0.146. The first-order valence-corrected chi connectivity index (χ1v) is 12.9. The molecule has 3 aromatic rings. The van der Waals surface area contributed by atoms with E-state index in [1.165, 1.54) is 4.90 Å². The standard InChI is InChI=1S/C25H29N3O9S/c1-26(15-5-4-10-20(37-28(32)33)18-35-27(30)31)25(29)34-16-14-23(24-13-7-17-38-24)36-22-12-6-9-19-8-2-3-11-21(19)22/h2-3,6-9,11-13,17,20,23H,4-5,10,14-16,18H2,1H3/t20?,23-/m0/s1. The Morgan fingerprint density at radius 3 is 2.53 bits per heavy atom. The largest absolute Gasteiger partial charge is 0.484 e. The van der Waals surface area contributed by atoms with Crippen molar-refractivity contribution in [3.63, 3.8) is 0 Å². The fourth-order valence-corrected chi connectivity index (χ4v) is 4.58.